The van der Waals surface area contributed by atoms with Gasteiger partial charge in [-0.2, -0.15) is 0 Å². The highest BCUT2D eigenvalue weighted by atomic mass is 19.1. The predicted molar refractivity (Wildman–Crippen MR) is 58.3 cm³/mol. The number of hydrogen-bond acceptors (Lipinski definition) is 3. The van der Waals surface area contributed by atoms with Gasteiger partial charge in [-0.15, -0.1) is 0 Å². The van der Waals surface area contributed by atoms with E-state index in [0.717, 1.165) is 31.7 Å². The fraction of sp³-hybridized carbons (Fsp3) is 0.455. The van der Waals surface area contributed by atoms with Crippen LogP contribution in [0.5, 0.6) is 0 Å². The molecule has 1 aliphatic heterocycles. The summed E-state index contributed by atoms with van der Waals surface area (Å²) in [5.74, 6) is -0.310. The Kier molecular flexibility index (Phi) is 3.06. The van der Waals surface area contributed by atoms with Crippen LogP contribution in [0, 0.1) is 5.82 Å². The van der Waals surface area contributed by atoms with E-state index < -0.39 is 0 Å². The van der Waals surface area contributed by atoms with Gasteiger partial charge in [-0.25, -0.2) is 4.39 Å². The molecule has 0 radical (unpaired) electrons. The van der Waals surface area contributed by atoms with Crippen LogP contribution in [0.15, 0.2) is 18.2 Å². The first-order valence-corrected chi connectivity index (χ1v) is 5.16. The molecule has 1 aromatic rings. The number of anilines is 2. The molecule has 1 heterocycles. The Morgan fingerprint density at radius 3 is 3.07 bits per heavy atom. The Bertz CT molecular complexity index is 337. The molecule has 0 aliphatic carbocycles. The zero-order chi connectivity index (χ0) is 10.7. The first kappa shape index (κ1) is 10.2. The highest BCUT2D eigenvalue weighted by Gasteiger charge is 2.15. The Hall–Kier alpha value is -1.29. The summed E-state index contributed by atoms with van der Waals surface area (Å²) in [6.45, 7) is 1.57. The first-order chi connectivity index (χ1) is 7.25. The molecule has 1 fully saturated rings. The smallest absolute Gasteiger partial charge is 0.125 e. The monoisotopic (exact) mass is 210 g/mol. The highest BCUT2D eigenvalue weighted by Crippen LogP contribution is 2.20. The summed E-state index contributed by atoms with van der Waals surface area (Å²) in [6, 6.07) is 4.37. The SMILES string of the molecule is Nc1cc(F)ccc1NCC1CCCO1. The molecule has 1 aromatic carbocycles. The fourth-order valence-electron chi connectivity index (χ4n) is 1.72. The summed E-state index contributed by atoms with van der Waals surface area (Å²) in [5.41, 5.74) is 6.87. The minimum absolute atomic E-state index is 0.259. The van der Waals surface area contributed by atoms with E-state index in [0.29, 0.717) is 5.69 Å². The van der Waals surface area contributed by atoms with Crippen molar-refractivity contribution in [2.75, 3.05) is 24.2 Å². The number of halogens is 1. The lowest BCUT2D eigenvalue weighted by Gasteiger charge is -2.13. The maximum Gasteiger partial charge on any atom is 0.125 e. The molecule has 0 aromatic heterocycles. The van der Waals surface area contributed by atoms with Gasteiger partial charge in [-0.1, -0.05) is 0 Å². The van der Waals surface area contributed by atoms with Gasteiger partial charge in [0.25, 0.3) is 0 Å². The van der Waals surface area contributed by atoms with Crippen molar-refractivity contribution in [2.24, 2.45) is 0 Å². The second kappa shape index (κ2) is 4.49. The number of hydrogen-bond donors (Lipinski definition) is 2. The van der Waals surface area contributed by atoms with Crippen LogP contribution in [0.1, 0.15) is 12.8 Å². The third kappa shape index (κ3) is 2.59. The summed E-state index contributed by atoms with van der Waals surface area (Å²) in [5, 5.41) is 3.17. The Labute approximate surface area is 88.4 Å². The molecule has 3 nitrogen and oxygen atoms in total. The molecule has 15 heavy (non-hydrogen) atoms. The maximum absolute atomic E-state index is 12.8. The van der Waals surface area contributed by atoms with E-state index in [2.05, 4.69) is 5.32 Å². The Morgan fingerprint density at radius 1 is 1.53 bits per heavy atom. The maximum atomic E-state index is 12.8. The van der Waals surface area contributed by atoms with Crippen molar-refractivity contribution in [3.63, 3.8) is 0 Å². The van der Waals surface area contributed by atoms with Crippen LogP contribution in [-0.4, -0.2) is 19.3 Å². The minimum atomic E-state index is -0.310. The molecule has 4 heteroatoms. The zero-order valence-electron chi connectivity index (χ0n) is 8.50. The van der Waals surface area contributed by atoms with Crippen LogP contribution in [0.4, 0.5) is 15.8 Å². The zero-order valence-corrected chi connectivity index (χ0v) is 8.50. The lowest BCUT2D eigenvalue weighted by atomic mass is 10.2. The van der Waals surface area contributed by atoms with Crippen molar-refractivity contribution in [1.29, 1.82) is 0 Å². The van der Waals surface area contributed by atoms with Gasteiger partial charge < -0.3 is 15.8 Å². The van der Waals surface area contributed by atoms with Crippen LogP contribution < -0.4 is 11.1 Å². The summed E-state index contributed by atoms with van der Waals surface area (Å²) in [7, 11) is 0. The summed E-state index contributed by atoms with van der Waals surface area (Å²) in [6.07, 6.45) is 2.45. The van der Waals surface area contributed by atoms with E-state index in [9.17, 15) is 4.39 Å². The molecule has 1 atom stereocenters. The number of nitrogens with two attached hydrogens (primary N) is 1. The topological polar surface area (TPSA) is 47.3 Å². The van der Waals surface area contributed by atoms with Crippen LogP contribution in [0.25, 0.3) is 0 Å². The van der Waals surface area contributed by atoms with E-state index >= 15 is 0 Å². The summed E-state index contributed by atoms with van der Waals surface area (Å²) in [4.78, 5) is 0. The first-order valence-electron chi connectivity index (χ1n) is 5.16. The van der Waals surface area contributed by atoms with Crippen molar-refractivity contribution in [3.8, 4) is 0 Å². The van der Waals surface area contributed by atoms with Crippen LogP contribution in [0.2, 0.25) is 0 Å². The highest BCUT2D eigenvalue weighted by molar-refractivity contribution is 5.65. The van der Waals surface area contributed by atoms with Crippen molar-refractivity contribution in [3.05, 3.63) is 24.0 Å². The average Bonchev–Trinajstić information content (AvgIpc) is 2.69. The second-order valence-electron chi connectivity index (χ2n) is 3.75. The van der Waals surface area contributed by atoms with Gasteiger partial charge in [0.05, 0.1) is 17.5 Å². The predicted octanol–water partition coefficient (Wildman–Crippen LogP) is 2.00. The lowest BCUT2D eigenvalue weighted by molar-refractivity contribution is 0.120. The normalized spacial score (nSPS) is 20.5. The summed E-state index contributed by atoms with van der Waals surface area (Å²) < 4.78 is 18.2. The Balaban J connectivity index is 1.92. The number of benzene rings is 1. The molecule has 0 spiro atoms. The standard InChI is InChI=1S/C11H15FN2O/c12-8-3-4-11(10(13)6-8)14-7-9-2-1-5-15-9/h3-4,6,9,14H,1-2,5,7,13H2. The van der Waals surface area contributed by atoms with Crippen molar-refractivity contribution in [1.82, 2.24) is 0 Å². The van der Waals surface area contributed by atoms with Gasteiger partial charge in [0, 0.05) is 13.2 Å². The molecule has 2 rings (SSSR count). The van der Waals surface area contributed by atoms with Gasteiger partial charge in [0.1, 0.15) is 5.82 Å². The van der Waals surface area contributed by atoms with Gasteiger partial charge in [0.15, 0.2) is 0 Å². The van der Waals surface area contributed by atoms with E-state index in [1.165, 1.54) is 12.1 Å². The molecule has 3 N–H and O–H groups in total. The van der Waals surface area contributed by atoms with E-state index in [4.69, 9.17) is 10.5 Å². The van der Waals surface area contributed by atoms with Gasteiger partial charge in [0.2, 0.25) is 0 Å². The van der Waals surface area contributed by atoms with Crippen LogP contribution in [-0.2, 0) is 4.74 Å². The van der Waals surface area contributed by atoms with Gasteiger partial charge in [-0.3, -0.25) is 0 Å². The van der Waals surface area contributed by atoms with E-state index in [1.807, 2.05) is 0 Å². The van der Waals surface area contributed by atoms with Crippen molar-refractivity contribution in [2.45, 2.75) is 18.9 Å². The minimum Gasteiger partial charge on any atom is -0.397 e. The molecule has 0 amide bonds. The quantitative estimate of drug-likeness (QED) is 0.750. The van der Waals surface area contributed by atoms with Gasteiger partial charge >= 0.3 is 0 Å². The molecular weight excluding hydrogens is 195 g/mol. The number of rotatable bonds is 3. The molecule has 1 unspecified atom stereocenters. The van der Waals surface area contributed by atoms with E-state index in [1.54, 1.807) is 6.07 Å². The molecule has 1 aliphatic rings. The Morgan fingerprint density at radius 2 is 2.40 bits per heavy atom. The molecule has 82 valence electrons. The number of ether oxygens (including phenoxy) is 1. The van der Waals surface area contributed by atoms with Gasteiger partial charge in [-0.05, 0) is 31.0 Å². The average molecular weight is 210 g/mol. The van der Waals surface area contributed by atoms with Crippen LogP contribution >= 0.6 is 0 Å². The second-order valence-corrected chi connectivity index (χ2v) is 3.75. The van der Waals surface area contributed by atoms with Crippen LogP contribution in [0.3, 0.4) is 0 Å². The van der Waals surface area contributed by atoms with E-state index in [-0.39, 0.29) is 11.9 Å². The third-order valence-electron chi connectivity index (χ3n) is 2.56. The fourth-order valence-corrected chi connectivity index (χ4v) is 1.72. The number of nitrogen functional groups attached to an aromatic ring is 1. The van der Waals surface area contributed by atoms with Crippen molar-refractivity contribution >= 4 is 11.4 Å². The number of nitrogens with one attached hydrogen (secondary N) is 1. The molecule has 0 saturated carbocycles. The molecular formula is C11H15FN2O. The molecule has 0 bridgehead atoms. The summed E-state index contributed by atoms with van der Waals surface area (Å²) >= 11 is 0. The van der Waals surface area contributed by atoms with Crippen molar-refractivity contribution < 1.29 is 9.13 Å². The largest absolute Gasteiger partial charge is 0.397 e. The molecule has 1 saturated heterocycles. The third-order valence-corrected chi connectivity index (χ3v) is 2.56. The lowest BCUT2D eigenvalue weighted by Crippen LogP contribution is -2.18.